The molecule has 0 aliphatic heterocycles. The van der Waals surface area contributed by atoms with Gasteiger partial charge < -0.3 is 9.47 Å². The minimum Gasteiger partial charge on any atom is -0.461 e. The van der Waals surface area contributed by atoms with Gasteiger partial charge in [-0.1, -0.05) is 12.1 Å². The van der Waals surface area contributed by atoms with E-state index in [1.807, 2.05) is 0 Å². The van der Waals surface area contributed by atoms with Crippen LogP contribution in [0.25, 0.3) is 0 Å². The number of carbonyl (C=O) groups is 1. The van der Waals surface area contributed by atoms with Crippen molar-refractivity contribution < 1.29 is 22.7 Å². The molecule has 7 heteroatoms. The topological polar surface area (TPSA) is 81.7 Å². The number of esters is 1. The standard InChI is InChI=1S/C12H17NO5S/c1-17-9-10-3-5-11(6-4-10)12(14)18-8-7-13-19(2,15)16/h3-6,13H,7-9H2,1-2H3. The van der Waals surface area contributed by atoms with E-state index in [-0.39, 0.29) is 13.2 Å². The van der Waals surface area contributed by atoms with Crippen LogP contribution in [0.3, 0.4) is 0 Å². The van der Waals surface area contributed by atoms with Crippen molar-refractivity contribution in [2.75, 3.05) is 26.5 Å². The van der Waals surface area contributed by atoms with Gasteiger partial charge in [0.25, 0.3) is 0 Å². The van der Waals surface area contributed by atoms with Crippen LogP contribution in [0.5, 0.6) is 0 Å². The molecular weight excluding hydrogens is 270 g/mol. The van der Waals surface area contributed by atoms with Gasteiger partial charge in [-0.2, -0.15) is 0 Å². The summed E-state index contributed by atoms with van der Waals surface area (Å²) < 4.78 is 33.7. The number of benzene rings is 1. The molecule has 0 amide bonds. The van der Waals surface area contributed by atoms with Gasteiger partial charge in [0, 0.05) is 13.7 Å². The van der Waals surface area contributed by atoms with E-state index >= 15 is 0 Å². The van der Waals surface area contributed by atoms with Gasteiger partial charge in [-0.3, -0.25) is 0 Å². The fourth-order valence-electron chi connectivity index (χ4n) is 1.36. The molecule has 6 nitrogen and oxygen atoms in total. The van der Waals surface area contributed by atoms with Crippen molar-refractivity contribution in [3.63, 3.8) is 0 Å². The van der Waals surface area contributed by atoms with Crippen molar-refractivity contribution in [3.8, 4) is 0 Å². The lowest BCUT2D eigenvalue weighted by Gasteiger charge is -2.06. The van der Waals surface area contributed by atoms with E-state index in [0.717, 1.165) is 11.8 Å². The maximum Gasteiger partial charge on any atom is 0.338 e. The highest BCUT2D eigenvalue weighted by Crippen LogP contribution is 2.06. The number of hydrogen-bond donors (Lipinski definition) is 1. The third kappa shape index (κ3) is 6.32. The van der Waals surface area contributed by atoms with Crippen molar-refractivity contribution in [1.82, 2.24) is 4.72 Å². The maximum atomic E-state index is 11.6. The van der Waals surface area contributed by atoms with Gasteiger partial charge in [-0.15, -0.1) is 0 Å². The second kappa shape index (κ2) is 7.22. The Morgan fingerprint density at radius 2 is 1.89 bits per heavy atom. The molecule has 0 saturated heterocycles. The first-order chi connectivity index (χ1) is 8.92. The van der Waals surface area contributed by atoms with E-state index in [1.54, 1.807) is 31.4 Å². The lowest BCUT2D eigenvalue weighted by Crippen LogP contribution is -2.26. The first-order valence-corrected chi connectivity index (χ1v) is 7.51. The van der Waals surface area contributed by atoms with E-state index in [4.69, 9.17) is 9.47 Å². The molecule has 0 saturated carbocycles. The Morgan fingerprint density at radius 1 is 1.26 bits per heavy atom. The lowest BCUT2D eigenvalue weighted by atomic mass is 10.1. The summed E-state index contributed by atoms with van der Waals surface area (Å²) >= 11 is 0. The number of hydrogen-bond acceptors (Lipinski definition) is 5. The molecule has 0 fully saturated rings. The Labute approximate surface area is 112 Å². The molecule has 0 bridgehead atoms. The molecule has 0 atom stereocenters. The third-order valence-corrected chi connectivity index (χ3v) is 2.93. The fourth-order valence-corrected chi connectivity index (χ4v) is 1.81. The lowest BCUT2D eigenvalue weighted by molar-refractivity contribution is 0.0513. The number of methoxy groups -OCH3 is 1. The number of ether oxygens (including phenoxy) is 2. The van der Waals surface area contributed by atoms with Crippen molar-refractivity contribution >= 4 is 16.0 Å². The largest absolute Gasteiger partial charge is 0.461 e. The number of carbonyl (C=O) groups excluding carboxylic acids is 1. The Morgan fingerprint density at radius 3 is 2.42 bits per heavy atom. The molecule has 1 rings (SSSR count). The van der Waals surface area contributed by atoms with E-state index in [1.165, 1.54) is 0 Å². The molecule has 106 valence electrons. The summed E-state index contributed by atoms with van der Waals surface area (Å²) in [6.45, 7) is 0.533. The fraction of sp³-hybridized carbons (Fsp3) is 0.417. The second-order valence-electron chi connectivity index (χ2n) is 3.93. The van der Waals surface area contributed by atoms with Crippen molar-refractivity contribution in [2.45, 2.75) is 6.61 Å². The van der Waals surface area contributed by atoms with Crippen molar-refractivity contribution in [2.24, 2.45) is 0 Å². The molecule has 1 aromatic carbocycles. The molecule has 0 aromatic heterocycles. The number of nitrogens with one attached hydrogen (secondary N) is 1. The molecular formula is C12H17NO5S. The molecule has 0 spiro atoms. The average molecular weight is 287 g/mol. The van der Waals surface area contributed by atoms with E-state index in [9.17, 15) is 13.2 Å². The predicted octanol–water partition coefficient (Wildman–Crippen LogP) is 0.539. The summed E-state index contributed by atoms with van der Waals surface area (Å²) in [4.78, 5) is 11.6. The molecule has 0 radical (unpaired) electrons. The highest BCUT2D eigenvalue weighted by atomic mass is 32.2. The summed E-state index contributed by atoms with van der Waals surface area (Å²) in [6, 6.07) is 6.82. The van der Waals surface area contributed by atoms with Crippen LogP contribution in [0.1, 0.15) is 15.9 Å². The van der Waals surface area contributed by atoms with Crippen LogP contribution < -0.4 is 4.72 Å². The minimum atomic E-state index is -3.25. The van der Waals surface area contributed by atoms with Crippen LogP contribution in [0, 0.1) is 0 Å². The van der Waals surface area contributed by atoms with E-state index in [0.29, 0.717) is 12.2 Å². The van der Waals surface area contributed by atoms with Crippen LogP contribution in [0.15, 0.2) is 24.3 Å². The van der Waals surface area contributed by atoms with E-state index < -0.39 is 16.0 Å². The Bertz CT molecular complexity index is 509. The number of rotatable bonds is 7. The molecule has 0 unspecified atom stereocenters. The van der Waals surface area contributed by atoms with Gasteiger partial charge >= 0.3 is 5.97 Å². The first kappa shape index (κ1) is 15.6. The van der Waals surface area contributed by atoms with Crippen LogP contribution in [0.4, 0.5) is 0 Å². The second-order valence-corrected chi connectivity index (χ2v) is 5.77. The van der Waals surface area contributed by atoms with Gasteiger partial charge in [-0.05, 0) is 17.7 Å². The summed E-state index contributed by atoms with van der Waals surface area (Å²) in [7, 11) is -1.66. The molecule has 19 heavy (non-hydrogen) atoms. The minimum absolute atomic E-state index is 0.00821. The van der Waals surface area contributed by atoms with Gasteiger partial charge in [0.1, 0.15) is 6.61 Å². The molecule has 0 heterocycles. The highest BCUT2D eigenvalue weighted by molar-refractivity contribution is 7.88. The molecule has 0 aliphatic carbocycles. The summed E-state index contributed by atoms with van der Waals surface area (Å²) in [5, 5.41) is 0. The summed E-state index contributed by atoms with van der Waals surface area (Å²) in [6.07, 6.45) is 1.04. The molecule has 1 N–H and O–H groups in total. The molecule has 1 aromatic rings. The SMILES string of the molecule is COCc1ccc(C(=O)OCCNS(C)(=O)=O)cc1. The Balaban J connectivity index is 2.41. The van der Waals surface area contributed by atoms with Crippen LogP contribution in [-0.4, -0.2) is 40.9 Å². The third-order valence-electron chi connectivity index (χ3n) is 2.20. The van der Waals surface area contributed by atoms with Gasteiger partial charge in [0.05, 0.1) is 18.4 Å². The first-order valence-electron chi connectivity index (χ1n) is 5.62. The van der Waals surface area contributed by atoms with Crippen LogP contribution in [-0.2, 0) is 26.1 Å². The zero-order valence-corrected chi connectivity index (χ0v) is 11.7. The van der Waals surface area contributed by atoms with Gasteiger partial charge in [0.15, 0.2) is 0 Å². The Kier molecular flexibility index (Phi) is 5.94. The normalized spacial score (nSPS) is 11.3. The van der Waals surface area contributed by atoms with Gasteiger partial charge in [-0.25, -0.2) is 17.9 Å². The van der Waals surface area contributed by atoms with Crippen LogP contribution >= 0.6 is 0 Å². The van der Waals surface area contributed by atoms with E-state index in [2.05, 4.69) is 4.72 Å². The molecule has 0 aliphatic rings. The summed E-state index contributed by atoms with van der Waals surface area (Å²) in [5.41, 5.74) is 1.37. The zero-order valence-electron chi connectivity index (χ0n) is 10.9. The van der Waals surface area contributed by atoms with Crippen molar-refractivity contribution in [1.29, 1.82) is 0 Å². The van der Waals surface area contributed by atoms with Gasteiger partial charge in [0.2, 0.25) is 10.0 Å². The van der Waals surface area contributed by atoms with Crippen molar-refractivity contribution in [3.05, 3.63) is 35.4 Å². The number of sulfonamides is 1. The maximum absolute atomic E-state index is 11.6. The monoisotopic (exact) mass is 287 g/mol. The van der Waals surface area contributed by atoms with Crippen LogP contribution in [0.2, 0.25) is 0 Å². The summed E-state index contributed by atoms with van der Waals surface area (Å²) in [5.74, 6) is -0.487. The highest BCUT2D eigenvalue weighted by Gasteiger charge is 2.07. The smallest absolute Gasteiger partial charge is 0.338 e. The zero-order chi connectivity index (χ0) is 14.3. The predicted molar refractivity (Wildman–Crippen MR) is 70.3 cm³/mol. The quantitative estimate of drug-likeness (QED) is 0.584. The average Bonchev–Trinajstić information content (AvgIpc) is 2.34. The Hall–Kier alpha value is -1.44.